The van der Waals surface area contributed by atoms with E-state index in [9.17, 15) is 10.2 Å². The fourth-order valence-electron chi connectivity index (χ4n) is 7.52. The summed E-state index contributed by atoms with van der Waals surface area (Å²) in [5, 5.41) is 21.3. The van der Waals surface area contributed by atoms with Gasteiger partial charge in [0, 0.05) is 5.41 Å². The molecule has 0 heterocycles. The third kappa shape index (κ3) is 2.07. The van der Waals surface area contributed by atoms with Gasteiger partial charge >= 0.3 is 0 Å². The predicted molar refractivity (Wildman–Crippen MR) is 92.9 cm³/mol. The molecule has 0 aromatic heterocycles. The molecule has 8 atom stereocenters. The first kappa shape index (κ1) is 16.1. The van der Waals surface area contributed by atoms with Crippen LogP contribution in [0.4, 0.5) is 0 Å². The van der Waals surface area contributed by atoms with Crippen molar-refractivity contribution in [1.29, 1.82) is 0 Å². The molecule has 0 radical (unpaired) electrons. The molecule has 2 nitrogen and oxygen atoms in total. The van der Waals surface area contributed by atoms with Gasteiger partial charge in [0.15, 0.2) is 0 Å². The third-order valence-corrected chi connectivity index (χ3v) is 8.94. The Kier molecular flexibility index (Phi) is 3.74. The smallest absolute Gasteiger partial charge is 0.0636 e. The second-order valence-electron chi connectivity index (χ2n) is 9.47. The summed E-state index contributed by atoms with van der Waals surface area (Å²) >= 11 is 0. The van der Waals surface area contributed by atoms with Gasteiger partial charge in [0.05, 0.1) is 12.2 Å². The number of fused-ring (bicyclic) bond motifs is 5. The summed E-state index contributed by atoms with van der Waals surface area (Å²) in [5.74, 6) is 2.80. The second kappa shape index (κ2) is 5.33. The van der Waals surface area contributed by atoms with Crippen molar-refractivity contribution in [1.82, 2.24) is 0 Å². The maximum Gasteiger partial charge on any atom is 0.0636 e. The molecular formula is C21H34O2. The van der Waals surface area contributed by atoms with E-state index in [0.717, 1.165) is 31.6 Å². The summed E-state index contributed by atoms with van der Waals surface area (Å²) in [6.45, 7) is 6.99. The number of hydrogen-bond acceptors (Lipinski definition) is 2. The molecule has 130 valence electrons. The van der Waals surface area contributed by atoms with Crippen LogP contribution in [0.5, 0.6) is 0 Å². The molecule has 2 N–H and O–H groups in total. The fraction of sp³-hybridized carbons (Fsp3) is 0.905. The normalized spacial score (nSPS) is 57.7. The fourth-order valence-corrected chi connectivity index (χ4v) is 7.52. The van der Waals surface area contributed by atoms with Crippen molar-refractivity contribution >= 4 is 0 Å². The molecule has 4 rings (SSSR count). The minimum absolute atomic E-state index is 0.0350. The Labute approximate surface area is 141 Å². The summed E-state index contributed by atoms with van der Waals surface area (Å²) in [7, 11) is 0. The van der Waals surface area contributed by atoms with E-state index < -0.39 is 0 Å². The third-order valence-electron chi connectivity index (χ3n) is 8.94. The molecule has 4 aliphatic carbocycles. The summed E-state index contributed by atoms with van der Waals surface area (Å²) in [6, 6.07) is 0. The van der Waals surface area contributed by atoms with Gasteiger partial charge in [-0.3, -0.25) is 0 Å². The number of allylic oxidation sites excluding steroid dienone is 1. The van der Waals surface area contributed by atoms with E-state index in [1.807, 2.05) is 0 Å². The van der Waals surface area contributed by atoms with Gasteiger partial charge in [-0.05, 0) is 87.4 Å². The average molecular weight is 319 g/mol. The minimum Gasteiger partial charge on any atom is -0.393 e. The van der Waals surface area contributed by atoms with Gasteiger partial charge in [-0.2, -0.15) is 0 Å². The first-order chi connectivity index (χ1) is 10.9. The lowest BCUT2D eigenvalue weighted by Gasteiger charge is -2.61. The van der Waals surface area contributed by atoms with Crippen LogP contribution in [0, 0.1) is 34.5 Å². The quantitative estimate of drug-likeness (QED) is 0.654. The van der Waals surface area contributed by atoms with Crippen molar-refractivity contribution < 1.29 is 10.2 Å². The van der Waals surface area contributed by atoms with Crippen LogP contribution in [0.15, 0.2) is 11.6 Å². The highest BCUT2D eigenvalue weighted by atomic mass is 16.3. The standard InChI is InChI=1S/C21H34O2/c1-4-13-6-8-17-16-7-5-14-11-15(22)9-10-20(14,2)18(16)12-19(23)21(13,17)3/h4,14-19,22-23H,5-12H2,1-3H3/b13-4+/t14-,15-,16?,17?,18?,19?,20+,21?/m1/s1. The van der Waals surface area contributed by atoms with Gasteiger partial charge in [0.25, 0.3) is 0 Å². The molecule has 0 amide bonds. The molecule has 0 aromatic rings. The van der Waals surface area contributed by atoms with Gasteiger partial charge < -0.3 is 10.2 Å². The lowest BCUT2D eigenvalue weighted by atomic mass is 9.44. The number of hydrogen-bond donors (Lipinski definition) is 2. The zero-order valence-electron chi connectivity index (χ0n) is 15.1. The Hall–Kier alpha value is -0.340. The van der Waals surface area contributed by atoms with E-state index in [2.05, 4.69) is 26.8 Å². The highest BCUT2D eigenvalue weighted by Gasteiger charge is 2.61. The van der Waals surface area contributed by atoms with E-state index in [1.54, 1.807) is 0 Å². The molecule has 5 unspecified atom stereocenters. The van der Waals surface area contributed by atoms with Crippen LogP contribution in [0.3, 0.4) is 0 Å². The van der Waals surface area contributed by atoms with Crippen LogP contribution in [-0.4, -0.2) is 22.4 Å². The lowest BCUT2D eigenvalue weighted by Crippen LogP contribution is -2.57. The largest absolute Gasteiger partial charge is 0.393 e. The van der Waals surface area contributed by atoms with Crippen LogP contribution in [-0.2, 0) is 0 Å². The van der Waals surface area contributed by atoms with E-state index >= 15 is 0 Å². The molecule has 0 saturated heterocycles. The zero-order chi connectivity index (χ0) is 16.4. The summed E-state index contributed by atoms with van der Waals surface area (Å²) in [4.78, 5) is 0. The topological polar surface area (TPSA) is 40.5 Å². The zero-order valence-corrected chi connectivity index (χ0v) is 15.1. The highest BCUT2D eigenvalue weighted by molar-refractivity contribution is 5.26. The van der Waals surface area contributed by atoms with E-state index in [-0.39, 0.29) is 17.6 Å². The molecule has 0 aromatic carbocycles. The highest BCUT2D eigenvalue weighted by Crippen LogP contribution is 2.67. The number of rotatable bonds is 0. The van der Waals surface area contributed by atoms with E-state index in [4.69, 9.17) is 0 Å². The Bertz CT molecular complexity index is 512. The minimum atomic E-state index is -0.176. The van der Waals surface area contributed by atoms with Crippen LogP contribution in [0.1, 0.15) is 72.1 Å². The van der Waals surface area contributed by atoms with E-state index in [1.165, 1.54) is 31.3 Å². The van der Waals surface area contributed by atoms with Crippen molar-refractivity contribution in [2.75, 3.05) is 0 Å². The SMILES string of the molecule is C/C=C1\CCC2C3CC[C@@H]4C[C@H](O)CC[C@]4(C)C3CC(O)C12C. The van der Waals surface area contributed by atoms with Gasteiger partial charge in [0.2, 0.25) is 0 Å². The molecule has 23 heavy (non-hydrogen) atoms. The molecule has 0 aliphatic heterocycles. The molecule has 4 fully saturated rings. The first-order valence-corrected chi connectivity index (χ1v) is 9.93. The van der Waals surface area contributed by atoms with E-state index in [0.29, 0.717) is 23.2 Å². The van der Waals surface area contributed by atoms with Crippen LogP contribution < -0.4 is 0 Å². The maximum absolute atomic E-state index is 11.1. The summed E-state index contributed by atoms with van der Waals surface area (Å²) < 4.78 is 0. The lowest BCUT2D eigenvalue weighted by molar-refractivity contribution is -0.153. The first-order valence-electron chi connectivity index (χ1n) is 9.93. The average Bonchev–Trinajstić information content (AvgIpc) is 2.87. The van der Waals surface area contributed by atoms with Crippen molar-refractivity contribution in [3.05, 3.63) is 11.6 Å². The molecule has 0 spiro atoms. The molecule has 2 heteroatoms. The Balaban J connectivity index is 1.68. The molecule has 0 bridgehead atoms. The van der Waals surface area contributed by atoms with Gasteiger partial charge in [-0.25, -0.2) is 0 Å². The van der Waals surface area contributed by atoms with Crippen LogP contribution in [0.2, 0.25) is 0 Å². The van der Waals surface area contributed by atoms with Crippen molar-refractivity contribution in [3.63, 3.8) is 0 Å². The van der Waals surface area contributed by atoms with Crippen LogP contribution >= 0.6 is 0 Å². The molecule has 4 aliphatic rings. The van der Waals surface area contributed by atoms with Gasteiger partial charge in [-0.1, -0.05) is 25.5 Å². The molecule has 4 saturated carbocycles. The Morgan fingerprint density at radius 3 is 2.52 bits per heavy atom. The Morgan fingerprint density at radius 2 is 1.78 bits per heavy atom. The summed E-state index contributed by atoms with van der Waals surface area (Å²) in [6.07, 6.45) is 11.2. The predicted octanol–water partition coefficient (Wildman–Crippen LogP) is 4.31. The van der Waals surface area contributed by atoms with Crippen molar-refractivity contribution in [2.45, 2.75) is 84.3 Å². The van der Waals surface area contributed by atoms with Crippen molar-refractivity contribution in [3.8, 4) is 0 Å². The van der Waals surface area contributed by atoms with Gasteiger partial charge in [-0.15, -0.1) is 0 Å². The Morgan fingerprint density at radius 1 is 1.00 bits per heavy atom. The molecular weight excluding hydrogens is 284 g/mol. The van der Waals surface area contributed by atoms with Crippen molar-refractivity contribution in [2.24, 2.45) is 34.5 Å². The van der Waals surface area contributed by atoms with Crippen LogP contribution in [0.25, 0.3) is 0 Å². The monoisotopic (exact) mass is 318 g/mol. The maximum atomic E-state index is 11.1. The second-order valence-corrected chi connectivity index (χ2v) is 9.47. The number of aliphatic hydroxyl groups is 2. The number of aliphatic hydroxyl groups excluding tert-OH is 2. The van der Waals surface area contributed by atoms with Gasteiger partial charge in [0.1, 0.15) is 0 Å². The summed E-state index contributed by atoms with van der Waals surface area (Å²) in [5.41, 5.74) is 1.90.